The van der Waals surface area contributed by atoms with Crippen LogP contribution in [0.5, 0.6) is 0 Å². The van der Waals surface area contributed by atoms with E-state index in [0.29, 0.717) is 5.92 Å². The van der Waals surface area contributed by atoms with Crippen LogP contribution < -0.4 is 5.32 Å². The van der Waals surface area contributed by atoms with Crippen molar-refractivity contribution in [3.8, 4) is 0 Å². The molecule has 1 atom stereocenters. The van der Waals surface area contributed by atoms with Crippen LogP contribution in [0, 0.1) is 0 Å². The van der Waals surface area contributed by atoms with Crippen LogP contribution in [0.25, 0.3) is 0 Å². The molecule has 0 spiro atoms. The van der Waals surface area contributed by atoms with E-state index in [1.165, 1.54) is 5.56 Å². The van der Waals surface area contributed by atoms with Crippen LogP contribution in [-0.4, -0.2) is 17.1 Å². The quantitative estimate of drug-likeness (QED) is 0.803. The Hall–Kier alpha value is -1.51. The Morgan fingerprint density at radius 1 is 1.38 bits per heavy atom. The predicted molar refractivity (Wildman–Crippen MR) is 65.9 cm³/mol. The number of benzene rings is 1. The molecule has 0 bridgehead atoms. The molecule has 0 amide bonds. The molecule has 0 heterocycles. The van der Waals surface area contributed by atoms with Gasteiger partial charge in [0.05, 0.1) is 6.42 Å². The number of hydrogen-bond donors (Lipinski definition) is 2. The molecule has 0 aliphatic heterocycles. The van der Waals surface area contributed by atoms with Crippen LogP contribution >= 0.6 is 0 Å². The lowest BCUT2D eigenvalue weighted by Gasteiger charge is -2.14. The van der Waals surface area contributed by atoms with Crippen LogP contribution in [0.2, 0.25) is 0 Å². The van der Waals surface area contributed by atoms with Crippen molar-refractivity contribution < 1.29 is 9.90 Å². The molecule has 88 valence electrons. The SMILES string of the molecule is CC(CC(=O)O)Nc1cccc(C(C)C)c1. The summed E-state index contributed by atoms with van der Waals surface area (Å²) in [5, 5.41) is 11.9. The minimum Gasteiger partial charge on any atom is -0.481 e. The van der Waals surface area contributed by atoms with Crippen molar-refractivity contribution in [1.82, 2.24) is 0 Å². The number of nitrogens with one attached hydrogen (secondary N) is 1. The van der Waals surface area contributed by atoms with E-state index in [-0.39, 0.29) is 12.5 Å². The first-order chi connectivity index (χ1) is 7.49. The fourth-order valence-electron chi connectivity index (χ4n) is 1.59. The number of anilines is 1. The molecule has 3 heteroatoms. The summed E-state index contributed by atoms with van der Waals surface area (Å²) in [6.45, 7) is 6.15. The summed E-state index contributed by atoms with van der Waals surface area (Å²) < 4.78 is 0. The summed E-state index contributed by atoms with van der Waals surface area (Å²) in [7, 11) is 0. The standard InChI is InChI=1S/C13H19NO2/c1-9(2)11-5-4-6-12(8-11)14-10(3)7-13(15)16/h4-6,8-10,14H,7H2,1-3H3,(H,15,16). The lowest BCUT2D eigenvalue weighted by atomic mass is 10.0. The molecular formula is C13H19NO2. The average Bonchev–Trinajstić information content (AvgIpc) is 2.16. The van der Waals surface area contributed by atoms with Gasteiger partial charge in [-0.15, -0.1) is 0 Å². The maximum atomic E-state index is 10.5. The normalized spacial score (nSPS) is 12.5. The zero-order valence-corrected chi connectivity index (χ0v) is 10.0. The smallest absolute Gasteiger partial charge is 0.305 e. The van der Waals surface area contributed by atoms with Gasteiger partial charge in [0.2, 0.25) is 0 Å². The van der Waals surface area contributed by atoms with Crippen LogP contribution in [0.4, 0.5) is 5.69 Å². The summed E-state index contributed by atoms with van der Waals surface area (Å²) >= 11 is 0. The largest absolute Gasteiger partial charge is 0.481 e. The number of aliphatic carboxylic acids is 1. The van der Waals surface area contributed by atoms with Crippen LogP contribution in [-0.2, 0) is 4.79 Å². The maximum Gasteiger partial charge on any atom is 0.305 e. The molecule has 0 saturated heterocycles. The van der Waals surface area contributed by atoms with Crippen molar-refractivity contribution in [3.05, 3.63) is 29.8 Å². The van der Waals surface area contributed by atoms with E-state index in [9.17, 15) is 4.79 Å². The van der Waals surface area contributed by atoms with Crippen molar-refractivity contribution >= 4 is 11.7 Å². The second kappa shape index (κ2) is 5.54. The molecule has 16 heavy (non-hydrogen) atoms. The van der Waals surface area contributed by atoms with E-state index in [0.717, 1.165) is 5.69 Å². The Morgan fingerprint density at radius 3 is 2.62 bits per heavy atom. The van der Waals surface area contributed by atoms with Crippen molar-refractivity contribution in [2.75, 3.05) is 5.32 Å². The zero-order valence-electron chi connectivity index (χ0n) is 10.0. The van der Waals surface area contributed by atoms with Gasteiger partial charge in [-0.3, -0.25) is 4.79 Å². The van der Waals surface area contributed by atoms with E-state index in [2.05, 4.69) is 31.3 Å². The average molecular weight is 221 g/mol. The first-order valence-corrected chi connectivity index (χ1v) is 5.57. The van der Waals surface area contributed by atoms with Crippen molar-refractivity contribution in [1.29, 1.82) is 0 Å². The van der Waals surface area contributed by atoms with Gasteiger partial charge < -0.3 is 10.4 Å². The van der Waals surface area contributed by atoms with Gasteiger partial charge >= 0.3 is 5.97 Å². The van der Waals surface area contributed by atoms with Gasteiger partial charge in [0.15, 0.2) is 0 Å². The van der Waals surface area contributed by atoms with E-state index in [1.807, 2.05) is 19.1 Å². The molecule has 1 unspecified atom stereocenters. The monoisotopic (exact) mass is 221 g/mol. The van der Waals surface area contributed by atoms with E-state index < -0.39 is 5.97 Å². The third kappa shape index (κ3) is 3.93. The van der Waals surface area contributed by atoms with Crippen LogP contribution in [0.15, 0.2) is 24.3 Å². The molecule has 0 fully saturated rings. The Morgan fingerprint density at radius 2 is 2.06 bits per heavy atom. The molecule has 0 aliphatic carbocycles. The second-order valence-electron chi connectivity index (χ2n) is 4.42. The zero-order chi connectivity index (χ0) is 12.1. The summed E-state index contributed by atoms with van der Waals surface area (Å²) in [6.07, 6.45) is 0.131. The fraction of sp³-hybridized carbons (Fsp3) is 0.462. The van der Waals surface area contributed by atoms with Crippen LogP contribution in [0.3, 0.4) is 0 Å². The number of carbonyl (C=O) groups is 1. The first-order valence-electron chi connectivity index (χ1n) is 5.57. The van der Waals surface area contributed by atoms with Crippen molar-refractivity contribution in [3.63, 3.8) is 0 Å². The highest BCUT2D eigenvalue weighted by Gasteiger charge is 2.07. The van der Waals surface area contributed by atoms with Crippen molar-refractivity contribution in [2.45, 2.75) is 39.2 Å². The predicted octanol–water partition coefficient (Wildman–Crippen LogP) is 3.09. The van der Waals surface area contributed by atoms with Gasteiger partial charge in [0.1, 0.15) is 0 Å². The summed E-state index contributed by atoms with van der Waals surface area (Å²) in [5.74, 6) is -0.295. The first kappa shape index (κ1) is 12.6. The van der Waals surface area contributed by atoms with Crippen LogP contribution in [0.1, 0.15) is 38.7 Å². The van der Waals surface area contributed by atoms with Crippen molar-refractivity contribution in [2.24, 2.45) is 0 Å². The Bertz CT molecular complexity index is 361. The Kier molecular flexibility index (Phi) is 4.35. The molecule has 2 N–H and O–H groups in total. The third-order valence-corrected chi connectivity index (χ3v) is 2.45. The minimum atomic E-state index is -0.778. The fourth-order valence-corrected chi connectivity index (χ4v) is 1.59. The topological polar surface area (TPSA) is 49.3 Å². The summed E-state index contributed by atoms with van der Waals surface area (Å²) in [6, 6.07) is 8.05. The van der Waals surface area contributed by atoms with Gasteiger partial charge in [-0.25, -0.2) is 0 Å². The molecule has 0 aliphatic rings. The number of carboxylic acids is 1. The number of hydrogen-bond acceptors (Lipinski definition) is 2. The van der Waals surface area contributed by atoms with Gasteiger partial charge in [0, 0.05) is 11.7 Å². The maximum absolute atomic E-state index is 10.5. The summed E-state index contributed by atoms with van der Waals surface area (Å²) in [4.78, 5) is 10.5. The minimum absolute atomic E-state index is 0.0556. The lowest BCUT2D eigenvalue weighted by molar-refractivity contribution is -0.137. The highest BCUT2D eigenvalue weighted by atomic mass is 16.4. The van der Waals surface area contributed by atoms with E-state index >= 15 is 0 Å². The molecule has 1 rings (SSSR count). The van der Waals surface area contributed by atoms with E-state index in [4.69, 9.17) is 5.11 Å². The molecule has 0 radical (unpaired) electrons. The molecule has 3 nitrogen and oxygen atoms in total. The third-order valence-electron chi connectivity index (χ3n) is 2.45. The Balaban J connectivity index is 2.66. The van der Waals surface area contributed by atoms with Gasteiger partial charge in [0.25, 0.3) is 0 Å². The van der Waals surface area contributed by atoms with Gasteiger partial charge in [-0.05, 0) is 30.5 Å². The lowest BCUT2D eigenvalue weighted by Crippen LogP contribution is -2.19. The van der Waals surface area contributed by atoms with Gasteiger partial charge in [-0.2, -0.15) is 0 Å². The second-order valence-corrected chi connectivity index (χ2v) is 4.42. The van der Waals surface area contributed by atoms with E-state index in [1.54, 1.807) is 0 Å². The van der Waals surface area contributed by atoms with Gasteiger partial charge in [-0.1, -0.05) is 26.0 Å². The highest BCUT2D eigenvalue weighted by molar-refractivity contribution is 5.68. The molecule has 0 aromatic heterocycles. The Labute approximate surface area is 96.5 Å². The molecular weight excluding hydrogens is 202 g/mol. The number of carboxylic acid groups (broad SMARTS) is 1. The molecule has 1 aromatic rings. The summed E-state index contributed by atoms with van der Waals surface area (Å²) in [5.41, 5.74) is 2.24. The molecule has 0 saturated carbocycles. The number of rotatable bonds is 5. The molecule has 1 aromatic carbocycles. The highest BCUT2D eigenvalue weighted by Crippen LogP contribution is 2.19.